The fourth-order valence-corrected chi connectivity index (χ4v) is 4.28. The van der Waals surface area contributed by atoms with E-state index in [0.717, 1.165) is 44.5 Å². The lowest BCUT2D eigenvalue weighted by atomic mass is 9.88. The normalized spacial score (nSPS) is 10.3. The van der Waals surface area contributed by atoms with E-state index in [4.69, 9.17) is 0 Å². The molecule has 0 aromatic heterocycles. The molecular weight excluding hydrogens is 412 g/mol. The first-order valence-corrected chi connectivity index (χ1v) is 11.1. The number of rotatable bonds is 4. The summed E-state index contributed by atoms with van der Waals surface area (Å²) in [6, 6.07) is 44.9. The second-order valence-electron chi connectivity index (χ2n) is 8.06. The molecule has 5 aromatic carbocycles. The molecule has 0 atom stereocenters. The summed E-state index contributed by atoms with van der Waals surface area (Å²) in [7, 11) is 0. The van der Waals surface area contributed by atoms with Gasteiger partial charge in [-0.3, -0.25) is 0 Å². The third-order valence-electron chi connectivity index (χ3n) is 5.94. The lowest BCUT2D eigenvalue weighted by Crippen LogP contribution is -1.93. The van der Waals surface area contributed by atoms with E-state index in [2.05, 4.69) is 60.7 Å². The van der Waals surface area contributed by atoms with E-state index < -0.39 is 0 Å². The van der Waals surface area contributed by atoms with E-state index in [9.17, 15) is 10.5 Å². The van der Waals surface area contributed by atoms with Crippen LogP contribution >= 0.6 is 0 Å². The van der Waals surface area contributed by atoms with Crippen LogP contribution in [0.15, 0.2) is 121 Å². The largest absolute Gasteiger partial charge is 0.192 e. The van der Waals surface area contributed by atoms with Crippen molar-refractivity contribution in [2.75, 3.05) is 0 Å². The number of nitriles is 2. The maximum atomic E-state index is 10.2. The van der Waals surface area contributed by atoms with Gasteiger partial charge in [0.15, 0.2) is 0 Å². The van der Waals surface area contributed by atoms with Crippen molar-refractivity contribution in [1.82, 2.24) is 0 Å². The minimum Gasteiger partial charge on any atom is -0.192 e. The van der Waals surface area contributed by atoms with Gasteiger partial charge in [-0.25, -0.2) is 0 Å². The summed E-state index contributed by atoms with van der Waals surface area (Å²) in [5.74, 6) is 0. The van der Waals surface area contributed by atoms with Gasteiger partial charge in [0, 0.05) is 11.1 Å². The Morgan fingerprint density at radius 3 is 1.21 bits per heavy atom. The van der Waals surface area contributed by atoms with Crippen LogP contribution in [0.4, 0.5) is 0 Å². The van der Waals surface area contributed by atoms with Crippen molar-refractivity contribution in [1.29, 1.82) is 10.5 Å². The summed E-state index contributed by atoms with van der Waals surface area (Å²) in [6.45, 7) is 0. The molecule has 5 aromatic rings. The van der Waals surface area contributed by atoms with Crippen LogP contribution in [-0.4, -0.2) is 0 Å². The number of hydrogen-bond donors (Lipinski definition) is 0. The monoisotopic (exact) mass is 432 g/mol. The summed E-state index contributed by atoms with van der Waals surface area (Å²) in [5, 5.41) is 20.0. The standard InChI is InChI=1S/C32H20N2/c33-21-23-17-30(28-15-7-13-26(19-28)24-9-3-1-4-10-24)32(22-34)31(18-23)29-16-8-14-27(20-29)25-11-5-2-6-12-25/h1-20H. The van der Waals surface area contributed by atoms with Gasteiger partial charge in [-0.1, -0.05) is 97.1 Å². The van der Waals surface area contributed by atoms with E-state index in [0.29, 0.717) is 11.1 Å². The fraction of sp³-hybridized carbons (Fsp3) is 0. The highest BCUT2D eigenvalue weighted by Gasteiger charge is 2.15. The lowest BCUT2D eigenvalue weighted by Gasteiger charge is -2.13. The maximum absolute atomic E-state index is 10.2. The minimum atomic E-state index is 0.527. The zero-order chi connectivity index (χ0) is 23.3. The van der Waals surface area contributed by atoms with Crippen molar-refractivity contribution in [3.8, 4) is 56.6 Å². The third-order valence-corrected chi connectivity index (χ3v) is 5.94. The van der Waals surface area contributed by atoms with Crippen LogP contribution in [-0.2, 0) is 0 Å². The van der Waals surface area contributed by atoms with Gasteiger partial charge in [0.05, 0.1) is 17.2 Å². The smallest absolute Gasteiger partial charge is 0.100 e. The van der Waals surface area contributed by atoms with Gasteiger partial charge in [0.25, 0.3) is 0 Å². The first-order chi connectivity index (χ1) is 16.8. The number of nitrogens with zero attached hydrogens (tertiary/aromatic N) is 2. The molecule has 2 nitrogen and oxygen atoms in total. The molecule has 0 bridgehead atoms. The van der Waals surface area contributed by atoms with Crippen molar-refractivity contribution in [2.24, 2.45) is 0 Å². The molecule has 0 saturated heterocycles. The van der Waals surface area contributed by atoms with Gasteiger partial charge in [-0.15, -0.1) is 0 Å². The Morgan fingerprint density at radius 2 is 0.794 bits per heavy atom. The SMILES string of the molecule is N#Cc1cc(-c2cccc(-c3ccccc3)c2)c(C#N)c(-c2cccc(-c3ccccc3)c2)c1. The predicted molar refractivity (Wildman–Crippen MR) is 138 cm³/mol. The molecule has 0 amide bonds. The summed E-state index contributed by atoms with van der Waals surface area (Å²) in [4.78, 5) is 0. The van der Waals surface area contributed by atoms with Crippen molar-refractivity contribution in [3.05, 3.63) is 132 Å². The van der Waals surface area contributed by atoms with E-state index in [1.54, 1.807) is 0 Å². The molecule has 34 heavy (non-hydrogen) atoms. The van der Waals surface area contributed by atoms with Gasteiger partial charge in [0.1, 0.15) is 6.07 Å². The first-order valence-electron chi connectivity index (χ1n) is 11.1. The summed E-state index contributed by atoms with van der Waals surface area (Å²) < 4.78 is 0. The van der Waals surface area contributed by atoms with Gasteiger partial charge in [-0.05, 0) is 57.6 Å². The van der Waals surface area contributed by atoms with Gasteiger partial charge in [-0.2, -0.15) is 10.5 Å². The van der Waals surface area contributed by atoms with E-state index in [1.807, 2.05) is 72.8 Å². The average Bonchev–Trinajstić information content (AvgIpc) is 2.93. The van der Waals surface area contributed by atoms with Crippen molar-refractivity contribution >= 4 is 0 Å². The molecule has 0 heterocycles. The Hall–Kier alpha value is -4.92. The van der Waals surface area contributed by atoms with Crippen molar-refractivity contribution < 1.29 is 0 Å². The number of hydrogen-bond acceptors (Lipinski definition) is 2. The number of benzene rings is 5. The molecule has 0 radical (unpaired) electrons. The van der Waals surface area contributed by atoms with E-state index >= 15 is 0 Å². The first kappa shape index (κ1) is 21.0. The molecule has 0 saturated carbocycles. The molecule has 5 rings (SSSR count). The molecule has 0 N–H and O–H groups in total. The molecule has 0 fully saturated rings. The highest BCUT2D eigenvalue weighted by atomic mass is 14.3. The van der Waals surface area contributed by atoms with Gasteiger partial charge in [0.2, 0.25) is 0 Å². The highest BCUT2D eigenvalue weighted by Crippen LogP contribution is 2.36. The predicted octanol–water partition coefficient (Wildman–Crippen LogP) is 8.10. The second kappa shape index (κ2) is 9.29. The van der Waals surface area contributed by atoms with Crippen LogP contribution in [0.3, 0.4) is 0 Å². The quantitative estimate of drug-likeness (QED) is 0.288. The Morgan fingerprint density at radius 1 is 0.382 bits per heavy atom. The molecular formula is C32H20N2. The fourth-order valence-electron chi connectivity index (χ4n) is 4.28. The zero-order valence-electron chi connectivity index (χ0n) is 18.4. The van der Waals surface area contributed by atoms with Crippen LogP contribution in [0.25, 0.3) is 44.5 Å². The van der Waals surface area contributed by atoms with Crippen LogP contribution in [0, 0.1) is 22.7 Å². The van der Waals surface area contributed by atoms with Crippen molar-refractivity contribution in [2.45, 2.75) is 0 Å². The van der Waals surface area contributed by atoms with Crippen LogP contribution in [0.2, 0.25) is 0 Å². The molecule has 0 aliphatic carbocycles. The van der Waals surface area contributed by atoms with Crippen LogP contribution < -0.4 is 0 Å². The van der Waals surface area contributed by atoms with Gasteiger partial charge < -0.3 is 0 Å². The minimum absolute atomic E-state index is 0.527. The molecule has 0 spiro atoms. The molecule has 0 aliphatic rings. The average molecular weight is 433 g/mol. The third kappa shape index (κ3) is 4.09. The molecule has 0 unspecified atom stereocenters. The van der Waals surface area contributed by atoms with Crippen LogP contribution in [0.5, 0.6) is 0 Å². The molecule has 2 heteroatoms. The highest BCUT2D eigenvalue weighted by molar-refractivity contribution is 5.86. The molecule has 158 valence electrons. The summed E-state index contributed by atoms with van der Waals surface area (Å²) in [6.07, 6.45) is 0. The Balaban J connectivity index is 1.68. The maximum Gasteiger partial charge on any atom is 0.100 e. The Labute approximate surface area is 199 Å². The van der Waals surface area contributed by atoms with Crippen LogP contribution in [0.1, 0.15) is 11.1 Å². The van der Waals surface area contributed by atoms with E-state index in [-0.39, 0.29) is 0 Å². The topological polar surface area (TPSA) is 47.6 Å². The van der Waals surface area contributed by atoms with Crippen molar-refractivity contribution in [3.63, 3.8) is 0 Å². The molecule has 0 aliphatic heterocycles. The Bertz CT molecular complexity index is 1450. The lowest BCUT2D eigenvalue weighted by molar-refractivity contribution is 1.44. The van der Waals surface area contributed by atoms with E-state index in [1.165, 1.54) is 0 Å². The summed E-state index contributed by atoms with van der Waals surface area (Å²) >= 11 is 0. The second-order valence-corrected chi connectivity index (χ2v) is 8.06. The van der Waals surface area contributed by atoms with Gasteiger partial charge >= 0.3 is 0 Å². The zero-order valence-corrected chi connectivity index (χ0v) is 18.4. The summed E-state index contributed by atoms with van der Waals surface area (Å²) in [5.41, 5.74) is 8.79. The Kier molecular flexibility index (Phi) is 5.73.